The van der Waals surface area contributed by atoms with Gasteiger partial charge in [0.05, 0.1) is 31.3 Å². The van der Waals surface area contributed by atoms with E-state index in [9.17, 15) is 9.59 Å². The maximum Gasteiger partial charge on any atom is 0.272 e. The number of hydrogen-bond acceptors (Lipinski definition) is 5. The first kappa shape index (κ1) is 18.7. The Balaban J connectivity index is 1.32. The van der Waals surface area contributed by atoms with Crippen molar-refractivity contribution in [2.75, 3.05) is 26.8 Å². The molecule has 0 unspecified atom stereocenters. The molecule has 2 aromatic heterocycles. The molecule has 2 amide bonds. The van der Waals surface area contributed by atoms with Crippen LogP contribution in [0.25, 0.3) is 10.9 Å². The van der Waals surface area contributed by atoms with Crippen LogP contribution in [0.15, 0.2) is 42.6 Å². The van der Waals surface area contributed by atoms with E-state index in [0.29, 0.717) is 32.0 Å². The van der Waals surface area contributed by atoms with Crippen molar-refractivity contribution in [3.63, 3.8) is 0 Å². The normalized spacial score (nSPS) is 21.1. The third kappa shape index (κ3) is 3.33. The van der Waals surface area contributed by atoms with Crippen LogP contribution in [-0.2, 0) is 17.7 Å². The van der Waals surface area contributed by atoms with Gasteiger partial charge in [-0.2, -0.15) is 5.10 Å². The molecule has 0 radical (unpaired) electrons. The molecule has 1 aromatic carbocycles. The fourth-order valence-electron chi connectivity index (χ4n) is 4.23. The Morgan fingerprint density at radius 2 is 2.10 bits per heavy atom. The number of pyridine rings is 1. The molecular formula is C22H23N5O3. The molecule has 3 aromatic rings. The van der Waals surface area contributed by atoms with Crippen molar-refractivity contribution in [3.8, 4) is 0 Å². The summed E-state index contributed by atoms with van der Waals surface area (Å²) in [6.45, 7) is 2.24. The molecule has 2 aliphatic rings. The first-order valence-corrected chi connectivity index (χ1v) is 10.1. The highest BCUT2D eigenvalue weighted by Crippen LogP contribution is 2.24. The quantitative estimate of drug-likeness (QED) is 0.711. The van der Waals surface area contributed by atoms with Crippen molar-refractivity contribution in [3.05, 3.63) is 59.5 Å². The second kappa shape index (κ2) is 7.53. The van der Waals surface area contributed by atoms with E-state index in [2.05, 4.69) is 21.5 Å². The fourth-order valence-corrected chi connectivity index (χ4v) is 4.23. The zero-order chi connectivity index (χ0) is 20.7. The number of nitrogens with zero attached hydrogens (tertiary/aromatic N) is 4. The summed E-state index contributed by atoms with van der Waals surface area (Å²) in [6, 6.07) is 11.6. The maximum absolute atomic E-state index is 12.8. The van der Waals surface area contributed by atoms with E-state index in [1.54, 1.807) is 22.7 Å². The van der Waals surface area contributed by atoms with Gasteiger partial charge in [0, 0.05) is 37.2 Å². The number of carbonyl (C=O) groups excluding carboxylic acids is 2. The Hall–Kier alpha value is -3.26. The molecule has 1 N–H and O–H groups in total. The monoisotopic (exact) mass is 405 g/mol. The highest BCUT2D eigenvalue weighted by atomic mass is 16.5. The molecule has 5 rings (SSSR count). The summed E-state index contributed by atoms with van der Waals surface area (Å²) < 4.78 is 7.30. The van der Waals surface area contributed by atoms with Gasteiger partial charge < -0.3 is 15.0 Å². The smallest absolute Gasteiger partial charge is 0.272 e. The minimum Gasteiger partial charge on any atom is -0.379 e. The standard InChI is InChI=1S/C22H23N5O3/c1-26-8-9-27-20(22(26)29)11-18(25-27)21(28)24-19-13-30-12-15(19)10-14-6-7-23-17-5-3-2-4-16(14)17/h2-7,11,15,19H,8-10,12-13H2,1H3,(H,24,28)/t15-,19-/m1/s1. The predicted octanol–water partition coefficient (Wildman–Crippen LogP) is 1.50. The zero-order valence-electron chi connectivity index (χ0n) is 16.7. The number of amides is 2. The van der Waals surface area contributed by atoms with Gasteiger partial charge in [0.25, 0.3) is 11.8 Å². The first-order chi connectivity index (χ1) is 14.6. The van der Waals surface area contributed by atoms with E-state index in [0.717, 1.165) is 17.3 Å². The van der Waals surface area contributed by atoms with Crippen LogP contribution in [0.2, 0.25) is 0 Å². The SMILES string of the molecule is CN1CCn2nc(C(=O)N[C@@H]3COC[C@H]3Cc3ccnc4ccccc34)cc2C1=O. The average molecular weight is 405 g/mol. The molecule has 1 fully saturated rings. The Labute approximate surface area is 173 Å². The Morgan fingerprint density at radius 3 is 3.00 bits per heavy atom. The van der Waals surface area contributed by atoms with Crippen molar-refractivity contribution < 1.29 is 14.3 Å². The van der Waals surface area contributed by atoms with Crippen LogP contribution in [0.3, 0.4) is 0 Å². The Bertz CT molecular complexity index is 1120. The zero-order valence-corrected chi connectivity index (χ0v) is 16.7. The molecule has 8 heteroatoms. The van der Waals surface area contributed by atoms with Gasteiger partial charge in [0.15, 0.2) is 5.69 Å². The molecule has 0 saturated carbocycles. The number of nitrogens with one attached hydrogen (secondary N) is 1. The largest absolute Gasteiger partial charge is 0.379 e. The van der Waals surface area contributed by atoms with Gasteiger partial charge in [0.2, 0.25) is 0 Å². The summed E-state index contributed by atoms with van der Waals surface area (Å²) in [5.74, 6) is -0.225. The first-order valence-electron chi connectivity index (χ1n) is 10.1. The molecule has 8 nitrogen and oxygen atoms in total. The number of fused-ring (bicyclic) bond motifs is 2. The minimum absolute atomic E-state index is 0.110. The highest BCUT2D eigenvalue weighted by molar-refractivity contribution is 5.98. The van der Waals surface area contributed by atoms with Gasteiger partial charge in [-0.05, 0) is 24.1 Å². The molecule has 0 aliphatic carbocycles. The van der Waals surface area contributed by atoms with Crippen molar-refractivity contribution in [2.45, 2.75) is 19.0 Å². The van der Waals surface area contributed by atoms with Gasteiger partial charge in [-0.25, -0.2) is 0 Å². The third-order valence-corrected chi connectivity index (χ3v) is 5.96. The molecule has 30 heavy (non-hydrogen) atoms. The topological polar surface area (TPSA) is 89.3 Å². The molecule has 1 saturated heterocycles. The third-order valence-electron chi connectivity index (χ3n) is 5.96. The molecule has 2 atom stereocenters. The lowest BCUT2D eigenvalue weighted by Gasteiger charge is -2.22. The van der Waals surface area contributed by atoms with Crippen LogP contribution in [0.5, 0.6) is 0 Å². The van der Waals surface area contributed by atoms with E-state index in [-0.39, 0.29) is 29.5 Å². The molecule has 0 spiro atoms. The number of benzene rings is 1. The van der Waals surface area contributed by atoms with Gasteiger partial charge in [-0.3, -0.25) is 19.3 Å². The number of aromatic nitrogens is 3. The van der Waals surface area contributed by atoms with Crippen LogP contribution in [-0.4, -0.2) is 64.3 Å². The fraction of sp³-hybridized carbons (Fsp3) is 0.364. The Kier molecular flexibility index (Phi) is 4.71. The van der Waals surface area contributed by atoms with Crippen LogP contribution in [0.4, 0.5) is 0 Å². The number of rotatable bonds is 4. The summed E-state index contributed by atoms with van der Waals surface area (Å²) in [7, 11) is 1.75. The second-order valence-corrected chi connectivity index (χ2v) is 7.93. The lowest BCUT2D eigenvalue weighted by Crippen LogP contribution is -2.40. The Morgan fingerprint density at radius 1 is 1.23 bits per heavy atom. The van der Waals surface area contributed by atoms with E-state index in [4.69, 9.17) is 4.74 Å². The lowest BCUT2D eigenvalue weighted by atomic mass is 9.93. The lowest BCUT2D eigenvalue weighted by molar-refractivity contribution is 0.0742. The van der Waals surface area contributed by atoms with E-state index >= 15 is 0 Å². The number of likely N-dealkylation sites (N-methyl/N-ethyl adjacent to an activating group) is 1. The van der Waals surface area contributed by atoms with Gasteiger partial charge >= 0.3 is 0 Å². The van der Waals surface area contributed by atoms with Crippen molar-refractivity contribution in [1.82, 2.24) is 25.0 Å². The molecular weight excluding hydrogens is 382 g/mol. The van der Waals surface area contributed by atoms with Crippen LogP contribution < -0.4 is 5.32 Å². The second-order valence-electron chi connectivity index (χ2n) is 7.93. The van der Waals surface area contributed by atoms with E-state index < -0.39 is 0 Å². The van der Waals surface area contributed by atoms with Gasteiger partial charge in [0.1, 0.15) is 5.69 Å². The summed E-state index contributed by atoms with van der Waals surface area (Å²) >= 11 is 0. The predicted molar refractivity (Wildman–Crippen MR) is 110 cm³/mol. The highest BCUT2D eigenvalue weighted by Gasteiger charge is 2.32. The van der Waals surface area contributed by atoms with Crippen LogP contribution in [0, 0.1) is 5.92 Å². The van der Waals surface area contributed by atoms with Gasteiger partial charge in [-0.15, -0.1) is 0 Å². The molecule has 154 valence electrons. The number of ether oxygens (including phenoxy) is 1. The number of carbonyl (C=O) groups is 2. The molecule has 2 aliphatic heterocycles. The molecule has 0 bridgehead atoms. The van der Waals surface area contributed by atoms with Crippen LogP contribution in [0.1, 0.15) is 26.5 Å². The van der Waals surface area contributed by atoms with Crippen LogP contribution >= 0.6 is 0 Å². The van der Waals surface area contributed by atoms with E-state index in [1.807, 2.05) is 30.5 Å². The summed E-state index contributed by atoms with van der Waals surface area (Å²) in [6.07, 6.45) is 2.61. The van der Waals surface area contributed by atoms with Crippen molar-refractivity contribution in [2.24, 2.45) is 5.92 Å². The number of hydrogen-bond donors (Lipinski definition) is 1. The van der Waals surface area contributed by atoms with Crippen molar-refractivity contribution in [1.29, 1.82) is 0 Å². The number of para-hydroxylation sites is 1. The van der Waals surface area contributed by atoms with Gasteiger partial charge in [-0.1, -0.05) is 18.2 Å². The summed E-state index contributed by atoms with van der Waals surface area (Å²) in [5.41, 5.74) is 2.89. The van der Waals surface area contributed by atoms with E-state index in [1.165, 1.54) is 5.56 Å². The summed E-state index contributed by atoms with van der Waals surface area (Å²) in [4.78, 5) is 31.2. The minimum atomic E-state index is -0.271. The average Bonchev–Trinajstić information content (AvgIpc) is 3.38. The maximum atomic E-state index is 12.8. The summed E-state index contributed by atoms with van der Waals surface area (Å²) in [5, 5.41) is 8.53. The molecule has 4 heterocycles. The van der Waals surface area contributed by atoms with Crippen molar-refractivity contribution >= 4 is 22.7 Å².